The molecule has 0 fully saturated rings. The second-order valence-corrected chi connectivity index (χ2v) is 10.5. The van der Waals surface area contributed by atoms with Gasteiger partial charge in [0.25, 0.3) is 0 Å². The molecule has 0 rings (SSSR count). The van der Waals surface area contributed by atoms with Gasteiger partial charge in [-0.25, -0.2) is 0 Å². The fourth-order valence-electron chi connectivity index (χ4n) is 2.62. The molecular formula is C18H40O2Si. The molecule has 0 aromatic rings. The summed E-state index contributed by atoms with van der Waals surface area (Å²) < 4.78 is 12.7. The minimum Gasteiger partial charge on any atom is -0.394 e. The first kappa shape index (κ1) is 21.1. The molecule has 0 aromatic carbocycles. The van der Waals surface area contributed by atoms with Crippen LogP contribution in [0.5, 0.6) is 0 Å². The standard InChI is InChI=1S/C18H40O2Si/c1-7-11-14-18(8-2)16-20-21(9-3,10-4)19-15-12-13-17(5)6/h17-18H,7-16H2,1-6H3. The molecule has 0 bridgehead atoms. The van der Waals surface area contributed by atoms with Gasteiger partial charge in [-0.15, -0.1) is 0 Å². The third-order valence-electron chi connectivity index (χ3n) is 4.49. The summed E-state index contributed by atoms with van der Waals surface area (Å²) in [6.45, 7) is 15.4. The molecule has 128 valence electrons. The van der Waals surface area contributed by atoms with Crippen LogP contribution in [0.3, 0.4) is 0 Å². The van der Waals surface area contributed by atoms with Crippen LogP contribution in [-0.4, -0.2) is 21.8 Å². The average Bonchev–Trinajstić information content (AvgIpc) is 2.49. The number of hydrogen-bond acceptors (Lipinski definition) is 2. The van der Waals surface area contributed by atoms with Crippen LogP contribution < -0.4 is 0 Å². The van der Waals surface area contributed by atoms with Crippen LogP contribution in [0.1, 0.15) is 80.1 Å². The highest BCUT2D eigenvalue weighted by atomic mass is 28.4. The van der Waals surface area contributed by atoms with Crippen molar-refractivity contribution in [1.29, 1.82) is 0 Å². The predicted molar refractivity (Wildman–Crippen MR) is 96.0 cm³/mol. The van der Waals surface area contributed by atoms with E-state index in [0.29, 0.717) is 5.92 Å². The monoisotopic (exact) mass is 316 g/mol. The van der Waals surface area contributed by atoms with Gasteiger partial charge in [-0.05, 0) is 43.2 Å². The molecule has 0 amide bonds. The molecule has 0 heterocycles. The largest absolute Gasteiger partial charge is 0.394 e. The Morgan fingerprint density at radius 1 is 0.857 bits per heavy atom. The van der Waals surface area contributed by atoms with E-state index >= 15 is 0 Å². The van der Waals surface area contributed by atoms with E-state index in [2.05, 4.69) is 41.5 Å². The van der Waals surface area contributed by atoms with Crippen molar-refractivity contribution in [2.75, 3.05) is 13.2 Å². The summed E-state index contributed by atoms with van der Waals surface area (Å²) in [5.74, 6) is 1.49. The van der Waals surface area contributed by atoms with Gasteiger partial charge in [-0.2, -0.15) is 0 Å². The molecule has 0 aliphatic rings. The van der Waals surface area contributed by atoms with Crippen LogP contribution in [0.15, 0.2) is 0 Å². The summed E-state index contributed by atoms with van der Waals surface area (Å²) in [7, 11) is -1.93. The van der Waals surface area contributed by atoms with Crippen LogP contribution in [-0.2, 0) is 8.85 Å². The van der Waals surface area contributed by atoms with Crippen LogP contribution in [0.4, 0.5) is 0 Å². The Hall–Kier alpha value is 0.137. The van der Waals surface area contributed by atoms with E-state index < -0.39 is 8.56 Å². The maximum Gasteiger partial charge on any atom is 0.337 e. The zero-order valence-corrected chi connectivity index (χ0v) is 16.5. The Labute approximate surface area is 135 Å². The van der Waals surface area contributed by atoms with E-state index in [4.69, 9.17) is 8.85 Å². The van der Waals surface area contributed by atoms with E-state index in [9.17, 15) is 0 Å². The second kappa shape index (κ2) is 12.7. The molecule has 0 radical (unpaired) electrons. The van der Waals surface area contributed by atoms with Gasteiger partial charge in [0.05, 0.1) is 0 Å². The van der Waals surface area contributed by atoms with Crippen molar-refractivity contribution >= 4 is 8.56 Å². The van der Waals surface area contributed by atoms with Crippen LogP contribution >= 0.6 is 0 Å². The lowest BCUT2D eigenvalue weighted by Crippen LogP contribution is -2.42. The molecule has 0 saturated carbocycles. The summed E-state index contributed by atoms with van der Waals surface area (Å²) in [6.07, 6.45) is 7.56. The maximum atomic E-state index is 6.40. The highest BCUT2D eigenvalue weighted by Gasteiger charge is 2.34. The topological polar surface area (TPSA) is 18.5 Å². The maximum absolute atomic E-state index is 6.40. The molecule has 3 heteroatoms. The SMILES string of the molecule is CCCCC(CC)CO[Si](CC)(CC)OCCCC(C)C. The van der Waals surface area contributed by atoms with Crippen molar-refractivity contribution in [3.8, 4) is 0 Å². The lowest BCUT2D eigenvalue weighted by molar-refractivity contribution is 0.136. The minimum absolute atomic E-state index is 0.717. The van der Waals surface area contributed by atoms with Crippen LogP contribution in [0, 0.1) is 11.8 Å². The summed E-state index contributed by atoms with van der Waals surface area (Å²) in [4.78, 5) is 0. The van der Waals surface area contributed by atoms with Gasteiger partial charge in [-0.1, -0.05) is 60.8 Å². The molecule has 0 N–H and O–H groups in total. The van der Waals surface area contributed by atoms with Gasteiger partial charge in [-0.3, -0.25) is 0 Å². The van der Waals surface area contributed by atoms with Crippen molar-refractivity contribution in [1.82, 2.24) is 0 Å². The highest BCUT2D eigenvalue weighted by molar-refractivity contribution is 6.67. The van der Waals surface area contributed by atoms with Crippen molar-refractivity contribution < 1.29 is 8.85 Å². The normalized spacial score (nSPS) is 13.9. The van der Waals surface area contributed by atoms with Crippen molar-refractivity contribution in [2.24, 2.45) is 11.8 Å². The Morgan fingerprint density at radius 3 is 2.00 bits per heavy atom. The van der Waals surface area contributed by atoms with Gasteiger partial charge in [0.2, 0.25) is 0 Å². The van der Waals surface area contributed by atoms with Crippen LogP contribution in [0.2, 0.25) is 12.1 Å². The van der Waals surface area contributed by atoms with Crippen molar-refractivity contribution in [3.63, 3.8) is 0 Å². The Morgan fingerprint density at radius 2 is 1.52 bits per heavy atom. The molecule has 0 aliphatic carbocycles. The van der Waals surface area contributed by atoms with E-state index in [0.717, 1.165) is 31.2 Å². The zero-order valence-electron chi connectivity index (χ0n) is 15.5. The Balaban J connectivity index is 4.23. The van der Waals surface area contributed by atoms with Gasteiger partial charge >= 0.3 is 8.56 Å². The molecule has 0 saturated heterocycles. The molecule has 0 aromatic heterocycles. The lowest BCUT2D eigenvalue weighted by atomic mass is 10.0. The molecule has 0 aliphatic heterocycles. The third-order valence-corrected chi connectivity index (χ3v) is 8.07. The predicted octanol–water partition coefficient (Wildman–Crippen LogP) is 6.15. The number of rotatable bonds is 14. The molecule has 21 heavy (non-hydrogen) atoms. The third kappa shape index (κ3) is 9.70. The Bertz CT molecular complexity index is 227. The molecular weight excluding hydrogens is 276 g/mol. The zero-order chi connectivity index (χ0) is 16.1. The summed E-state index contributed by atoms with van der Waals surface area (Å²) in [5, 5.41) is 0. The van der Waals surface area contributed by atoms with Crippen molar-refractivity contribution in [3.05, 3.63) is 0 Å². The molecule has 1 atom stereocenters. The fourth-order valence-corrected chi connectivity index (χ4v) is 5.07. The van der Waals surface area contributed by atoms with Crippen LogP contribution in [0.25, 0.3) is 0 Å². The Kier molecular flexibility index (Phi) is 12.7. The van der Waals surface area contributed by atoms with Crippen molar-refractivity contribution in [2.45, 2.75) is 92.2 Å². The fraction of sp³-hybridized carbons (Fsp3) is 1.00. The average molecular weight is 317 g/mol. The summed E-state index contributed by atoms with van der Waals surface area (Å²) in [5.41, 5.74) is 0. The van der Waals surface area contributed by atoms with Gasteiger partial charge in [0.1, 0.15) is 0 Å². The van der Waals surface area contributed by atoms with E-state index in [1.165, 1.54) is 38.5 Å². The first-order chi connectivity index (χ1) is 10.0. The first-order valence-corrected chi connectivity index (χ1v) is 11.5. The van der Waals surface area contributed by atoms with Gasteiger partial charge in [0.15, 0.2) is 0 Å². The summed E-state index contributed by atoms with van der Waals surface area (Å²) in [6, 6.07) is 2.16. The molecule has 1 unspecified atom stereocenters. The van der Waals surface area contributed by atoms with E-state index in [1.54, 1.807) is 0 Å². The summed E-state index contributed by atoms with van der Waals surface area (Å²) >= 11 is 0. The van der Waals surface area contributed by atoms with E-state index in [-0.39, 0.29) is 0 Å². The number of hydrogen-bond donors (Lipinski definition) is 0. The lowest BCUT2D eigenvalue weighted by Gasteiger charge is -2.31. The second-order valence-electron chi connectivity index (χ2n) is 6.73. The van der Waals surface area contributed by atoms with Gasteiger partial charge < -0.3 is 8.85 Å². The molecule has 2 nitrogen and oxygen atoms in total. The minimum atomic E-state index is -1.93. The first-order valence-electron chi connectivity index (χ1n) is 9.31. The number of unbranched alkanes of at least 4 members (excludes halogenated alkanes) is 1. The smallest absolute Gasteiger partial charge is 0.337 e. The van der Waals surface area contributed by atoms with Gasteiger partial charge in [0, 0.05) is 13.2 Å². The molecule has 0 spiro atoms. The van der Waals surface area contributed by atoms with E-state index in [1.807, 2.05) is 0 Å². The highest BCUT2D eigenvalue weighted by Crippen LogP contribution is 2.23. The quantitative estimate of drug-likeness (QED) is 0.282.